The Kier molecular flexibility index (Phi) is 5.19. The molecule has 1 saturated heterocycles. The molecule has 1 N–H and O–H groups in total. The van der Waals surface area contributed by atoms with Crippen molar-refractivity contribution in [3.05, 3.63) is 12.7 Å². The highest BCUT2D eigenvalue weighted by Crippen LogP contribution is 2.11. The maximum Gasteiger partial charge on any atom is 0.245 e. The molecule has 2 amide bonds. The van der Waals surface area contributed by atoms with Crippen molar-refractivity contribution in [1.82, 2.24) is 10.2 Å². The van der Waals surface area contributed by atoms with Gasteiger partial charge in [0.25, 0.3) is 0 Å². The second-order valence-electron chi connectivity index (χ2n) is 4.80. The Labute approximate surface area is 103 Å². The largest absolute Gasteiger partial charge is 0.344 e. The highest BCUT2D eigenvalue weighted by atomic mass is 16.2. The molecule has 0 spiro atoms. The molecule has 0 aromatic heterocycles. The fraction of sp³-hybridized carbons (Fsp3) is 0.692. The number of amides is 2. The third kappa shape index (κ3) is 3.88. The predicted octanol–water partition coefficient (Wildman–Crippen LogP) is 1.33. The standard InChI is InChI=1S/C13H22N2O2/c1-4-5-6-8-15-9-7-11(16)14-12(10(2)3)13(15)17/h4,10,12H,1,5-9H2,2-3H3,(H,14,16). The van der Waals surface area contributed by atoms with E-state index in [9.17, 15) is 9.59 Å². The second-order valence-corrected chi connectivity index (χ2v) is 4.80. The van der Waals surface area contributed by atoms with Crippen molar-refractivity contribution in [1.29, 1.82) is 0 Å². The molecular weight excluding hydrogens is 216 g/mol. The SMILES string of the molecule is C=CCCCN1CCC(=O)NC(C(C)C)C1=O. The van der Waals surface area contributed by atoms with E-state index in [1.807, 2.05) is 19.9 Å². The maximum atomic E-state index is 12.2. The molecule has 0 radical (unpaired) electrons. The van der Waals surface area contributed by atoms with Crippen LogP contribution in [0.3, 0.4) is 0 Å². The molecule has 1 atom stereocenters. The Morgan fingerprint density at radius 3 is 2.82 bits per heavy atom. The van der Waals surface area contributed by atoms with Gasteiger partial charge in [0, 0.05) is 19.5 Å². The van der Waals surface area contributed by atoms with Crippen molar-refractivity contribution in [2.45, 2.75) is 39.2 Å². The van der Waals surface area contributed by atoms with Crippen LogP contribution in [0, 0.1) is 5.92 Å². The molecule has 1 rings (SSSR count). The number of carbonyl (C=O) groups excluding carboxylic acids is 2. The molecule has 0 aliphatic carbocycles. The Morgan fingerprint density at radius 1 is 1.53 bits per heavy atom. The van der Waals surface area contributed by atoms with Crippen LogP contribution in [0.1, 0.15) is 33.1 Å². The highest BCUT2D eigenvalue weighted by Gasteiger charge is 2.31. The summed E-state index contributed by atoms with van der Waals surface area (Å²) in [4.78, 5) is 25.5. The lowest BCUT2D eigenvalue weighted by atomic mass is 10.0. The smallest absolute Gasteiger partial charge is 0.245 e. The molecule has 0 aromatic rings. The summed E-state index contributed by atoms with van der Waals surface area (Å²) in [6.07, 6.45) is 4.07. The molecule has 0 aromatic carbocycles. The van der Waals surface area contributed by atoms with E-state index in [0.717, 1.165) is 12.8 Å². The Morgan fingerprint density at radius 2 is 2.24 bits per heavy atom. The highest BCUT2D eigenvalue weighted by molar-refractivity contribution is 5.90. The molecule has 96 valence electrons. The number of hydrogen-bond acceptors (Lipinski definition) is 2. The maximum absolute atomic E-state index is 12.2. The third-order valence-corrected chi connectivity index (χ3v) is 3.01. The second kappa shape index (κ2) is 6.42. The number of unbranched alkanes of at least 4 members (excludes halogenated alkanes) is 1. The summed E-state index contributed by atoms with van der Waals surface area (Å²) in [7, 11) is 0. The van der Waals surface area contributed by atoms with Gasteiger partial charge < -0.3 is 10.2 Å². The van der Waals surface area contributed by atoms with Crippen LogP contribution >= 0.6 is 0 Å². The molecular formula is C13H22N2O2. The number of carbonyl (C=O) groups is 2. The average Bonchev–Trinajstić information content (AvgIpc) is 2.41. The molecule has 1 unspecified atom stereocenters. The summed E-state index contributed by atoms with van der Waals surface area (Å²) >= 11 is 0. The number of rotatable bonds is 5. The van der Waals surface area contributed by atoms with E-state index >= 15 is 0 Å². The van der Waals surface area contributed by atoms with Gasteiger partial charge in [-0.25, -0.2) is 0 Å². The molecule has 17 heavy (non-hydrogen) atoms. The van der Waals surface area contributed by atoms with Crippen molar-refractivity contribution in [2.24, 2.45) is 5.92 Å². The monoisotopic (exact) mass is 238 g/mol. The van der Waals surface area contributed by atoms with Gasteiger partial charge in [-0.3, -0.25) is 9.59 Å². The summed E-state index contributed by atoms with van der Waals surface area (Å²) in [6.45, 7) is 8.82. The zero-order valence-corrected chi connectivity index (χ0v) is 10.7. The lowest BCUT2D eigenvalue weighted by Gasteiger charge is -2.25. The van der Waals surface area contributed by atoms with Gasteiger partial charge in [0.1, 0.15) is 6.04 Å². The van der Waals surface area contributed by atoms with Gasteiger partial charge in [-0.05, 0) is 18.8 Å². The minimum atomic E-state index is -0.367. The lowest BCUT2D eigenvalue weighted by molar-refractivity contribution is -0.134. The van der Waals surface area contributed by atoms with Crippen molar-refractivity contribution in [3.8, 4) is 0 Å². The molecule has 1 heterocycles. The molecule has 0 saturated carbocycles. The minimum Gasteiger partial charge on any atom is -0.344 e. The summed E-state index contributed by atoms with van der Waals surface area (Å²) in [6, 6.07) is -0.367. The normalized spacial score (nSPS) is 21.4. The Hall–Kier alpha value is -1.32. The molecule has 1 aliphatic rings. The number of nitrogens with zero attached hydrogens (tertiary/aromatic N) is 1. The van der Waals surface area contributed by atoms with E-state index in [4.69, 9.17) is 0 Å². The van der Waals surface area contributed by atoms with E-state index in [0.29, 0.717) is 19.5 Å². The van der Waals surface area contributed by atoms with Gasteiger partial charge >= 0.3 is 0 Å². The zero-order chi connectivity index (χ0) is 12.8. The first-order valence-corrected chi connectivity index (χ1v) is 6.25. The number of hydrogen-bond donors (Lipinski definition) is 1. The topological polar surface area (TPSA) is 49.4 Å². The molecule has 4 heteroatoms. The van der Waals surface area contributed by atoms with E-state index in [2.05, 4.69) is 11.9 Å². The van der Waals surface area contributed by atoms with Gasteiger partial charge in [-0.1, -0.05) is 19.9 Å². The van der Waals surface area contributed by atoms with E-state index in [-0.39, 0.29) is 23.8 Å². The first-order valence-electron chi connectivity index (χ1n) is 6.25. The fourth-order valence-corrected chi connectivity index (χ4v) is 1.95. The number of nitrogens with one attached hydrogen (secondary N) is 1. The quantitative estimate of drug-likeness (QED) is 0.580. The van der Waals surface area contributed by atoms with E-state index in [1.165, 1.54) is 0 Å². The van der Waals surface area contributed by atoms with Crippen molar-refractivity contribution in [3.63, 3.8) is 0 Å². The summed E-state index contributed by atoms with van der Waals surface area (Å²) in [5.74, 6) is 0.157. The van der Waals surface area contributed by atoms with Crippen LogP contribution < -0.4 is 5.32 Å². The lowest BCUT2D eigenvalue weighted by Crippen LogP contribution is -2.47. The zero-order valence-electron chi connectivity index (χ0n) is 10.7. The van der Waals surface area contributed by atoms with Crippen LogP contribution in [0.25, 0.3) is 0 Å². The Bertz CT molecular complexity index is 300. The van der Waals surface area contributed by atoms with Crippen molar-refractivity contribution in [2.75, 3.05) is 13.1 Å². The summed E-state index contributed by atoms with van der Waals surface area (Å²) < 4.78 is 0. The molecule has 1 aliphatic heterocycles. The molecule has 0 bridgehead atoms. The average molecular weight is 238 g/mol. The van der Waals surface area contributed by atoms with Gasteiger partial charge in [-0.15, -0.1) is 6.58 Å². The van der Waals surface area contributed by atoms with Crippen LogP contribution in [-0.2, 0) is 9.59 Å². The van der Waals surface area contributed by atoms with E-state index in [1.54, 1.807) is 4.90 Å². The first-order chi connectivity index (χ1) is 8.06. The number of allylic oxidation sites excluding steroid dienone is 1. The molecule has 1 fully saturated rings. The Balaban J connectivity index is 2.66. The van der Waals surface area contributed by atoms with Gasteiger partial charge in [0.15, 0.2) is 0 Å². The van der Waals surface area contributed by atoms with Crippen molar-refractivity contribution < 1.29 is 9.59 Å². The first kappa shape index (κ1) is 13.7. The van der Waals surface area contributed by atoms with Crippen LogP contribution in [0.2, 0.25) is 0 Å². The minimum absolute atomic E-state index is 0.0247. The van der Waals surface area contributed by atoms with Crippen molar-refractivity contribution >= 4 is 11.8 Å². The third-order valence-electron chi connectivity index (χ3n) is 3.01. The van der Waals surface area contributed by atoms with Crippen LogP contribution in [0.15, 0.2) is 12.7 Å². The predicted molar refractivity (Wildman–Crippen MR) is 67.4 cm³/mol. The van der Waals surface area contributed by atoms with E-state index < -0.39 is 0 Å². The van der Waals surface area contributed by atoms with Crippen LogP contribution in [-0.4, -0.2) is 35.8 Å². The summed E-state index contributed by atoms with van der Waals surface area (Å²) in [5.41, 5.74) is 0. The summed E-state index contributed by atoms with van der Waals surface area (Å²) in [5, 5.41) is 2.80. The molecule has 4 nitrogen and oxygen atoms in total. The van der Waals surface area contributed by atoms with Crippen LogP contribution in [0.4, 0.5) is 0 Å². The van der Waals surface area contributed by atoms with Gasteiger partial charge in [-0.2, -0.15) is 0 Å². The van der Waals surface area contributed by atoms with Gasteiger partial charge in [0.05, 0.1) is 0 Å². The van der Waals surface area contributed by atoms with Gasteiger partial charge in [0.2, 0.25) is 11.8 Å². The fourth-order valence-electron chi connectivity index (χ4n) is 1.95. The van der Waals surface area contributed by atoms with Crippen LogP contribution in [0.5, 0.6) is 0 Å².